The number of phenolic OH excluding ortho intramolecular Hbond substituents is 1. The van der Waals surface area contributed by atoms with Gasteiger partial charge in [0.2, 0.25) is 0 Å². The van der Waals surface area contributed by atoms with E-state index < -0.39 is 5.97 Å². The van der Waals surface area contributed by atoms with Crippen LogP contribution < -0.4 is 4.74 Å². The van der Waals surface area contributed by atoms with Crippen LogP contribution in [0.1, 0.15) is 38.3 Å². The molecule has 0 bridgehead atoms. The van der Waals surface area contributed by atoms with E-state index in [2.05, 4.69) is 0 Å². The summed E-state index contributed by atoms with van der Waals surface area (Å²) in [5.74, 6) is -0.286. The Morgan fingerprint density at radius 2 is 2.00 bits per heavy atom. The number of carbonyl (C=O) groups is 1. The summed E-state index contributed by atoms with van der Waals surface area (Å²) in [4.78, 5) is 10.5. The number of aliphatic carboxylic acids is 1. The number of carboxylic acid groups (broad SMARTS) is 1. The van der Waals surface area contributed by atoms with Gasteiger partial charge in [0, 0.05) is 5.56 Å². The third-order valence-corrected chi connectivity index (χ3v) is 3.25. The second-order valence-corrected chi connectivity index (χ2v) is 5.06. The molecule has 4 nitrogen and oxygen atoms in total. The second kappa shape index (κ2) is 5.29. The molecule has 4 heteroatoms. The zero-order chi connectivity index (χ0) is 13.9. The Hall–Kier alpha value is -1.71. The summed E-state index contributed by atoms with van der Waals surface area (Å²) >= 11 is 0. The molecule has 0 unspecified atom stereocenters. The van der Waals surface area contributed by atoms with E-state index in [-0.39, 0.29) is 17.8 Å². The number of aromatic hydroxyl groups is 1. The van der Waals surface area contributed by atoms with Crippen molar-refractivity contribution in [2.45, 2.75) is 39.5 Å². The molecule has 0 atom stereocenters. The molecule has 100 valence electrons. The summed E-state index contributed by atoms with van der Waals surface area (Å²) in [5, 5.41) is 18.7. The van der Waals surface area contributed by atoms with E-state index in [4.69, 9.17) is 9.84 Å². The average molecular weight is 252 g/mol. The van der Waals surface area contributed by atoms with Gasteiger partial charge in [-0.3, -0.25) is 0 Å². The van der Waals surface area contributed by atoms with Gasteiger partial charge in [-0.15, -0.1) is 0 Å². The molecule has 0 radical (unpaired) electrons. The number of ether oxygens (including phenoxy) is 1. The Morgan fingerprint density at radius 1 is 1.39 bits per heavy atom. The minimum absolute atomic E-state index is 0.183. The summed E-state index contributed by atoms with van der Waals surface area (Å²) in [6.07, 6.45) is 0.863. The van der Waals surface area contributed by atoms with Crippen molar-refractivity contribution in [2.24, 2.45) is 0 Å². The lowest BCUT2D eigenvalue weighted by atomic mass is 9.81. The van der Waals surface area contributed by atoms with Crippen molar-refractivity contribution in [3.63, 3.8) is 0 Å². The van der Waals surface area contributed by atoms with Crippen molar-refractivity contribution < 1.29 is 19.7 Å². The highest BCUT2D eigenvalue weighted by Gasteiger charge is 2.23. The standard InChI is InChI=1S/C14H20O4/c1-5-14(3,4)11-7-10(18-8-12(15)16)6-9(2)13(11)17/h6-7,17H,5,8H2,1-4H3,(H,15,16). The minimum atomic E-state index is -1.02. The highest BCUT2D eigenvalue weighted by Crippen LogP contribution is 2.38. The lowest BCUT2D eigenvalue weighted by molar-refractivity contribution is -0.139. The largest absolute Gasteiger partial charge is 0.507 e. The van der Waals surface area contributed by atoms with Gasteiger partial charge in [-0.25, -0.2) is 4.79 Å². The quantitative estimate of drug-likeness (QED) is 0.845. The lowest BCUT2D eigenvalue weighted by Crippen LogP contribution is -2.17. The number of rotatable bonds is 5. The molecule has 0 heterocycles. The molecule has 0 spiro atoms. The molecule has 0 fully saturated rings. The van der Waals surface area contributed by atoms with Crippen molar-refractivity contribution in [1.29, 1.82) is 0 Å². The molecule has 0 amide bonds. The van der Waals surface area contributed by atoms with Crippen LogP contribution in [0.5, 0.6) is 11.5 Å². The van der Waals surface area contributed by atoms with Crippen LogP contribution in [0.15, 0.2) is 12.1 Å². The van der Waals surface area contributed by atoms with Crippen LogP contribution in [0.2, 0.25) is 0 Å². The van der Waals surface area contributed by atoms with Crippen LogP contribution in [0, 0.1) is 6.92 Å². The van der Waals surface area contributed by atoms with E-state index in [1.807, 2.05) is 20.8 Å². The third-order valence-electron chi connectivity index (χ3n) is 3.25. The maximum Gasteiger partial charge on any atom is 0.341 e. The molecule has 0 aliphatic carbocycles. The SMILES string of the molecule is CCC(C)(C)c1cc(OCC(=O)O)cc(C)c1O. The number of benzene rings is 1. The number of hydrogen-bond donors (Lipinski definition) is 2. The van der Waals surface area contributed by atoms with Gasteiger partial charge in [0.15, 0.2) is 6.61 Å². The van der Waals surface area contributed by atoms with E-state index in [0.29, 0.717) is 11.3 Å². The normalized spacial score (nSPS) is 11.3. The van der Waals surface area contributed by atoms with Crippen LogP contribution in [0.4, 0.5) is 0 Å². The molecule has 18 heavy (non-hydrogen) atoms. The molecule has 0 aliphatic rings. The van der Waals surface area contributed by atoms with Crippen LogP contribution in [-0.2, 0) is 10.2 Å². The molecule has 0 aliphatic heterocycles. The van der Waals surface area contributed by atoms with Crippen LogP contribution in [-0.4, -0.2) is 22.8 Å². The first-order valence-electron chi connectivity index (χ1n) is 5.96. The topological polar surface area (TPSA) is 66.8 Å². The summed E-state index contributed by atoms with van der Waals surface area (Å²) in [7, 11) is 0. The number of carboxylic acids is 1. The fourth-order valence-electron chi connectivity index (χ4n) is 1.68. The number of phenols is 1. The lowest BCUT2D eigenvalue weighted by Gasteiger charge is -2.25. The van der Waals surface area contributed by atoms with Gasteiger partial charge in [-0.2, -0.15) is 0 Å². The highest BCUT2D eigenvalue weighted by molar-refractivity contribution is 5.68. The molecular weight excluding hydrogens is 232 g/mol. The molecule has 1 aromatic carbocycles. The van der Waals surface area contributed by atoms with Crippen LogP contribution in [0.3, 0.4) is 0 Å². The molecule has 0 saturated carbocycles. The fourth-order valence-corrected chi connectivity index (χ4v) is 1.68. The predicted octanol–water partition coefficient (Wildman–Crippen LogP) is 2.85. The molecule has 1 aromatic rings. The van der Waals surface area contributed by atoms with Crippen LogP contribution in [0.25, 0.3) is 0 Å². The van der Waals surface area contributed by atoms with Crippen molar-refractivity contribution in [3.05, 3.63) is 23.3 Å². The highest BCUT2D eigenvalue weighted by atomic mass is 16.5. The molecular formula is C14H20O4. The Morgan fingerprint density at radius 3 is 2.50 bits per heavy atom. The zero-order valence-corrected chi connectivity index (χ0v) is 11.3. The van der Waals surface area contributed by atoms with Crippen molar-refractivity contribution in [3.8, 4) is 11.5 Å². The Balaban J connectivity index is 3.14. The van der Waals surface area contributed by atoms with E-state index in [0.717, 1.165) is 12.0 Å². The first kappa shape index (κ1) is 14.4. The first-order valence-corrected chi connectivity index (χ1v) is 5.96. The Labute approximate surface area is 107 Å². The monoisotopic (exact) mass is 252 g/mol. The predicted molar refractivity (Wildman–Crippen MR) is 69.3 cm³/mol. The second-order valence-electron chi connectivity index (χ2n) is 5.06. The van der Waals surface area contributed by atoms with E-state index in [9.17, 15) is 9.90 Å². The van der Waals surface area contributed by atoms with E-state index in [1.54, 1.807) is 19.1 Å². The van der Waals surface area contributed by atoms with Gasteiger partial charge in [-0.1, -0.05) is 20.8 Å². The van der Waals surface area contributed by atoms with Gasteiger partial charge >= 0.3 is 5.97 Å². The minimum Gasteiger partial charge on any atom is -0.507 e. The first-order chi connectivity index (χ1) is 8.27. The fraction of sp³-hybridized carbons (Fsp3) is 0.500. The molecule has 0 aromatic heterocycles. The Kier molecular flexibility index (Phi) is 4.22. The van der Waals surface area contributed by atoms with Crippen molar-refractivity contribution >= 4 is 5.97 Å². The molecule has 1 rings (SSSR count). The van der Waals surface area contributed by atoms with E-state index in [1.165, 1.54) is 0 Å². The van der Waals surface area contributed by atoms with Gasteiger partial charge in [-0.05, 0) is 36.5 Å². The summed E-state index contributed by atoms with van der Waals surface area (Å²) in [5.41, 5.74) is 1.29. The maximum absolute atomic E-state index is 10.5. The van der Waals surface area contributed by atoms with Crippen molar-refractivity contribution in [1.82, 2.24) is 0 Å². The average Bonchev–Trinajstić information content (AvgIpc) is 2.30. The smallest absolute Gasteiger partial charge is 0.341 e. The maximum atomic E-state index is 10.5. The Bertz CT molecular complexity index is 449. The van der Waals surface area contributed by atoms with Gasteiger partial charge in [0.25, 0.3) is 0 Å². The molecule has 0 saturated heterocycles. The zero-order valence-electron chi connectivity index (χ0n) is 11.3. The van der Waals surface area contributed by atoms with Crippen molar-refractivity contribution in [2.75, 3.05) is 6.61 Å². The van der Waals surface area contributed by atoms with Gasteiger partial charge < -0.3 is 14.9 Å². The summed E-state index contributed by atoms with van der Waals surface area (Å²) < 4.78 is 5.17. The van der Waals surface area contributed by atoms with E-state index >= 15 is 0 Å². The third kappa shape index (κ3) is 3.15. The molecule has 2 N–H and O–H groups in total. The summed E-state index contributed by atoms with van der Waals surface area (Å²) in [6, 6.07) is 3.36. The number of hydrogen-bond acceptors (Lipinski definition) is 3. The van der Waals surface area contributed by atoms with Gasteiger partial charge in [0.05, 0.1) is 0 Å². The van der Waals surface area contributed by atoms with Gasteiger partial charge in [0.1, 0.15) is 11.5 Å². The number of aryl methyl sites for hydroxylation is 1. The summed E-state index contributed by atoms with van der Waals surface area (Å²) in [6.45, 7) is 7.50. The van der Waals surface area contributed by atoms with Crippen LogP contribution >= 0.6 is 0 Å².